The van der Waals surface area contributed by atoms with Gasteiger partial charge in [0, 0.05) is 18.1 Å². The summed E-state index contributed by atoms with van der Waals surface area (Å²) in [6.07, 6.45) is -0.228. The highest BCUT2D eigenvalue weighted by molar-refractivity contribution is 5.99. The van der Waals surface area contributed by atoms with Crippen LogP contribution in [0.4, 0.5) is 13.2 Å². The normalized spacial score (nSPS) is 12.2. The van der Waals surface area contributed by atoms with Gasteiger partial charge in [-0.15, -0.1) is 0 Å². The Bertz CT molecular complexity index is 1650. The molecule has 3 aromatic carbocycles. The van der Waals surface area contributed by atoms with E-state index in [0.29, 0.717) is 16.7 Å². The molecule has 1 aromatic heterocycles. The van der Waals surface area contributed by atoms with E-state index in [1.54, 1.807) is 38.1 Å². The molecule has 10 heteroatoms. The minimum atomic E-state index is -0.777. The summed E-state index contributed by atoms with van der Waals surface area (Å²) >= 11 is 0. The fourth-order valence-corrected chi connectivity index (χ4v) is 4.95. The number of primary amides is 1. The molecular weight excluding hydrogens is 547 g/mol. The maximum Gasteiger partial charge on any atom is 0.280 e. The van der Waals surface area contributed by atoms with E-state index in [1.807, 2.05) is 13.8 Å². The molecule has 1 unspecified atom stereocenters. The van der Waals surface area contributed by atoms with Gasteiger partial charge in [0.15, 0.2) is 0 Å². The standard InChI is InChI=1S/C32H32F3N3O4/c1-17(2)29(21-12-23(34)14-24(35)13-21)38-28(16-42-18(3)4)37-31(40)27(32(38)41)11-19-5-7-20(8-6-19)25-10-9-22(33)15-26(25)30(36)39/h5-10,12-15,17-18,29,41H,11,16H2,1-4H3,(H2,36,39). The molecule has 0 radical (unpaired) electrons. The third kappa shape index (κ3) is 6.71. The van der Waals surface area contributed by atoms with Gasteiger partial charge in [0.2, 0.25) is 11.8 Å². The number of aromatic nitrogens is 2. The van der Waals surface area contributed by atoms with Gasteiger partial charge in [0.1, 0.15) is 29.9 Å². The summed E-state index contributed by atoms with van der Waals surface area (Å²) in [5, 5.41) is 11.5. The zero-order valence-electron chi connectivity index (χ0n) is 23.7. The number of nitrogens with two attached hydrogens (primary N) is 1. The average molecular weight is 580 g/mol. The van der Waals surface area contributed by atoms with Gasteiger partial charge in [-0.2, -0.15) is 4.98 Å². The van der Waals surface area contributed by atoms with Crippen LogP contribution >= 0.6 is 0 Å². The molecule has 220 valence electrons. The van der Waals surface area contributed by atoms with Crippen molar-refractivity contribution in [2.24, 2.45) is 11.7 Å². The van der Waals surface area contributed by atoms with Crippen LogP contribution in [0, 0.1) is 23.4 Å². The molecule has 0 fully saturated rings. The Morgan fingerprint density at radius 1 is 0.952 bits per heavy atom. The van der Waals surface area contributed by atoms with Crippen LogP contribution in [-0.2, 0) is 17.8 Å². The lowest BCUT2D eigenvalue weighted by Gasteiger charge is -2.29. The summed E-state index contributed by atoms with van der Waals surface area (Å²) in [6, 6.07) is 12.9. The second-order valence-electron chi connectivity index (χ2n) is 10.7. The Morgan fingerprint density at radius 3 is 2.17 bits per heavy atom. The number of aromatic hydroxyl groups is 1. The van der Waals surface area contributed by atoms with Gasteiger partial charge in [-0.3, -0.25) is 14.2 Å². The zero-order chi connectivity index (χ0) is 30.7. The first kappa shape index (κ1) is 30.5. The summed E-state index contributed by atoms with van der Waals surface area (Å²) in [6.45, 7) is 7.15. The smallest absolute Gasteiger partial charge is 0.280 e. The van der Waals surface area contributed by atoms with Crippen molar-refractivity contribution < 1.29 is 27.8 Å². The van der Waals surface area contributed by atoms with E-state index in [-0.39, 0.29) is 53.4 Å². The highest BCUT2D eigenvalue weighted by atomic mass is 19.1. The van der Waals surface area contributed by atoms with E-state index in [2.05, 4.69) is 4.98 Å². The molecule has 0 aliphatic rings. The molecule has 1 atom stereocenters. The fraction of sp³-hybridized carbons (Fsp3) is 0.281. The monoisotopic (exact) mass is 579 g/mol. The van der Waals surface area contributed by atoms with Crippen LogP contribution in [0.3, 0.4) is 0 Å². The fourth-order valence-electron chi connectivity index (χ4n) is 4.95. The number of hydrogen-bond acceptors (Lipinski definition) is 5. The molecule has 0 spiro atoms. The third-order valence-electron chi connectivity index (χ3n) is 6.84. The summed E-state index contributed by atoms with van der Waals surface area (Å²) in [5.41, 5.74) is 6.70. The van der Waals surface area contributed by atoms with Crippen LogP contribution in [0.25, 0.3) is 11.1 Å². The molecule has 0 saturated heterocycles. The van der Waals surface area contributed by atoms with Crippen LogP contribution in [0.15, 0.2) is 65.5 Å². The summed E-state index contributed by atoms with van der Waals surface area (Å²) in [4.78, 5) is 29.3. The van der Waals surface area contributed by atoms with Crippen molar-refractivity contribution in [1.29, 1.82) is 0 Å². The number of carbonyl (C=O) groups excluding carboxylic acids is 1. The largest absolute Gasteiger partial charge is 0.494 e. The zero-order valence-corrected chi connectivity index (χ0v) is 23.7. The van der Waals surface area contributed by atoms with Gasteiger partial charge in [-0.25, -0.2) is 13.2 Å². The van der Waals surface area contributed by atoms with Gasteiger partial charge in [-0.05, 0) is 66.3 Å². The van der Waals surface area contributed by atoms with Crippen molar-refractivity contribution >= 4 is 5.91 Å². The maximum atomic E-state index is 14.3. The van der Waals surface area contributed by atoms with Crippen molar-refractivity contribution in [2.45, 2.75) is 52.9 Å². The van der Waals surface area contributed by atoms with Crippen LogP contribution in [0.1, 0.15) is 66.6 Å². The van der Waals surface area contributed by atoms with Gasteiger partial charge < -0.3 is 15.6 Å². The van der Waals surface area contributed by atoms with E-state index >= 15 is 0 Å². The molecule has 4 aromatic rings. The van der Waals surface area contributed by atoms with Crippen molar-refractivity contribution in [1.82, 2.24) is 9.55 Å². The highest BCUT2D eigenvalue weighted by Crippen LogP contribution is 2.34. The van der Waals surface area contributed by atoms with Gasteiger partial charge >= 0.3 is 0 Å². The number of ether oxygens (including phenoxy) is 1. The van der Waals surface area contributed by atoms with Crippen molar-refractivity contribution in [3.05, 3.63) is 117 Å². The molecule has 0 aliphatic carbocycles. The lowest BCUT2D eigenvalue weighted by Crippen LogP contribution is -2.29. The predicted octanol–water partition coefficient (Wildman–Crippen LogP) is 5.89. The number of amides is 1. The molecule has 0 bridgehead atoms. The number of benzene rings is 3. The quantitative estimate of drug-likeness (QED) is 0.244. The number of halogens is 3. The summed E-state index contributed by atoms with van der Waals surface area (Å²) in [7, 11) is 0. The summed E-state index contributed by atoms with van der Waals surface area (Å²) in [5.74, 6) is -3.46. The lowest BCUT2D eigenvalue weighted by atomic mass is 9.94. The molecule has 1 heterocycles. The number of rotatable bonds is 10. The first-order valence-electron chi connectivity index (χ1n) is 13.4. The minimum Gasteiger partial charge on any atom is -0.494 e. The highest BCUT2D eigenvalue weighted by Gasteiger charge is 2.28. The van der Waals surface area contributed by atoms with E-state index < -0.39 is 35.0 Å². The molecule has 0 saturated carbocycles. The Morgan fingerprint density at radius 2 is 1.60 bits per heavy atom. The predicted molar refractivity (Wildman–Crippen MR) is 153 cm³/mol. The van der Waals surface area contributed by atoms with Crippen LogP contribution < -0.4 is 11.3 Å². The Hall–Kier alpha value is -4.44. The van der Waals surface area contributed by atoms with E-state index in [9.17, 15) is 27.9 Å². The third-order valence-corrected chi connectivity index (χ3v) is 6.84. The Balaban J connectivity index is 1.79. The van der Waals surface area contributed by atoms with Crippen LogP contribution in [-0.4, -0.2) is 26.7 Å². The second kappa shape index (κ2) is 12.6. The van der Waals surface area contributed by atoms with E-state index in [0.717, 1.165) is 12.1 Å². The van der Waals surface area contributed by atoms with Crippen molar-refractivity contribution in [3.63, 3.8) is 0 Å². The molecule has 3 N–H and O–H groups in total. The summed E-state index contributed by atoms with van der Waals surface area (Å²) < 4.78 is 49.3. The molecule has 1 amide bonds. The van der Waals surface area contributed by atoms with Crippen molar-refractivity contribution in [2.75, 3.05) is 0 Å². The average Bonchev–Trinajstić information content (AvgIpc) is 2.91. The number of hydrogen-bond donors (Lipinski definition) is 2. The number of nitrogens with zero attached hydrogens (tertiary/aromatic N) is 2. The van der Waals surface area contributed by atoms with Crippen LogP contribution in [0.5, 0.6) is 5.88 Å². The molecule has 7 nitrogen and oxygen atoms in total. The van der Waals surface area contributed by atoms with E-state index in [1.165, 1.54) is 28.8 Å². The molecule has 0 aliphatic heterocycles. The molecular formula is C32H32F3N3O4. The topological polar surface area (TPSA) is 107 Å². The first-order chi connectivity index (χ1) is 19.8. The van der Waals surface area contributed by atoms with Crippen molar-refractivity contribution in [3.8, 4) is 17.0 Å². The van der Waals surface area contributed by atoms with Gasteiger partial charge in [-0.1, -0.05) is 44.2 Å². The number of carbonyl (C=O) groups is 1. The maximum absolute atomic E-state index is 14.3. The second-order valence-corrected chi connectivity index (χ2v) is 10.7. The van der Waals surface area contributed by atoms with E-state index in [4.69, 9.17) is 10.5 Å². The minimum absolute atomic E-state index is 0.0156. The van der Waals surface area contributed by atoms with Gasteiger partial charge in [0.05, 0.1) is 17.7 Å². The Kier molecular flexibility index (Phi) is 9.16. The van der Waals surface area contributed by atoms with Gasteiger partial charge in [0.25, 0.3) is 5.56 Å². The first-order valence-corrected chi connectivity index (χ1v) is 13.4. The van der Waals surface area contributed by atoms with Crippen LogP contribution in [0.2, 0.25) is 0 Å². The molecule has 4 rings (SSSR count). The lowest BCUT2D eigenvalue weighted by molar-refractivity contribution is 0.0567. The SMILES string of the molecule is CC(C)OCc1nc(=O)c(Cc2ccc(-c3ccc(F)cc3C(N)=O)cc2)c(O)n1C(c1cc(F)cc(F)c1)C(C)C. The molecule has 42 heavy (non-hydrogen) atoms. The Labute approximate surface area is 241 Å².